The number of hydrogen-bond donors (Lipinski definition) is 1. The minimum absolute atomic E-state index is 0.0318. The van der Waals surface area contributed by atoms with Gasteiger partial charge < -0.3 is 5.73 Å². The van der Waals surface area contributed by atoms with Crippen LogP contribution in [0.1, 0.15) is 5.56 Å². The van der Waals surface area contributed by atoms with E-state index in [4.69, 9.17) is 5.73 Å². The number of rotatable bonds is 3. The number of hydrogen-bond acceptors (Lipinski definition) is 4. The summed E-state index contributed by atoms with van der Waals surface area (Å²) >= 11 is 3.21. The van der Waals surface area contributed by atoms with Gasteiger partial charge >= 0.3 is 0 Å². The van der Waals surface area contributed by atoms with Crippen LogP contribution >= 0.6 is 15.9 Å². The molecule has 0 radical (unpaired) electrons. The second-order valence-corrected chi connectivity index (χ2v) is 6.83. The number of anilines is 1. The number of nitrogens with two attached hydrogens (primary N) is 1. The van der Waals surface area contributed by atoms with E-state index in [9.17, 15) is 12.8 Å². The third-order valence-electron chi connectivity index (χ3n) is 2.43. The van der Waals surface area contributed by atoms with Gasteiger partial charge in [0.2, 0.25) is 0 Å². The van der Waals surface area contributed by atoms with E-state index in [1.54, 1.807) is 12.3 Å². The SMILES string of the molecule is Nc1ccc(F)cc1S(=O)(=O)Cc1cncc(Br)c1. The molecule has 0 saturated heterocycles. The van der Waals surface area contributed by atoms with Gasteiger partial charge in [0.05, 0.1) is 16.3 Å². The molecular formula is C12H10BrFN2O2S. The fourth-order valence-corrected chi connectivity index (χ4v) is 3.49. The Hall–Kier alpha value is -1.47. The van der Waals surface area contributed by atoms with E-state index < -0.39 is 15.7 Å². The van der Waals surface area contributed by atoms with Crippen LogP contribution in [0.3, 0.4) is 0 Å². The number of sulfone groups is 1. The topological polar surface area (TPSA) is 73.1 Å². The Morgan fingerprint density at radius 3 is 2.68 bits per heavy atom. The Morgan fingerprint density at radius 1 is 1.26 bits per heavy atom. The molecule has 0 aliphatic heterocycles. The van der Waals surface area contributed by atoms with E-state index >= 15 is 0 Å². The quantitative estimate of drug-likeness (QED) is 0.868. The summed E-state index contributed by atoms with van der Waals surface area (Å²) in [5.41, 5.74) is 6.12. The molecule has 1 heterocycles. The van der Waals surface area contributed by atoms with Crippen LogP contribution in [-0.2, 0) is 15.6 Å². The number of aromatic nitrogens is 1. The minimum Gasteiger partial charge on any atom is -0.398 e. The molecule has 0 saturated carbocycles. The predicted octanol–water partition coefficient (Wildman–Crippen LogP) is 2.54. The lowest BCUT2D eigenvalue weighted by molar-refractivity contribution is 0.590. The largest absolute Gasteiger partial charge is 0.398 e. The van der Waals surface area contributed by atoms with Crippen LogP contribution in [0.25, 0.3) is 0 Å². The lowest BCUT2D eigenvalue weighted by Crippen LogP contribution is -2.08. The Kier molecular flexibility index (Phi) is 3.86. The summed E-state index contributed by atoms with van der Waals surface area (Å²) in [5.74, 6) is -0.923. The molecule has 2 N–H and O–H groups in total. The van der Waals surface area contributed by atoms with Gasteiger partial charge in [-0.2, -0.15) is 0 Å². The molecular weight excluding hydrogens is 335 g/mol. The van der Waals surface area contributed by atoms with Gasteiger partial charge in [-0.1, -0.05) is 0 Å². The summed E-state index contributed by atoms with van der Waals surface area (Å²) in [7, 11) is -3.71. The van der Waals surface area contributed by atoms with Crippen LogP contribution in [-0.4, -0.2) is 13.4 Å². The summed E-state index contributed by atoms with van der Waals surface area (Å²) < 4.78 is 38.2. The van der Waals surface area contributed by atoms with Gasteiger partial charge in [-0.25, -0.2) is 12.8 Å². The number of nitrogens with zero attached hydrogens (tertiary/aromatic N) is 1. The summed E-state index contributed by atoms with van der Waals surface area (Å²) in [6.45, 7) is 0. The van der Waals surface area contributed by atoms with Crippen LogP contribution in [0.5, 0.6) is 0 Å². The maximum Gasteiger partial charge on any atom is 0.184 e. The lowest BCUT2D eigenvalue weighted by atomic mass is 10.3. The Bertz CT molecular complexity index is 719. The molecule has 1 aromatic heterocycles. The van der Waals surface area contributed by atoms with Gasteiger partial charge in [0.1, 0.15) is 5.82 Å². The molecule has 0 amide bonds. The smallest absolute Gasteiger partial charge is 0.184 e. The summed E-state index contributed by atoms with van der Waals surface area (Å²) in [4.78, 5) is 3.68. The second kappa shape index (κ2) is 5.26. The number of halogens is 2. The van der Waals surface area contributed by atoms with E-state index in [0.717, 1.165) is 12.1 Å². The highest BCUT2D eigenvalue weighted by Gasteiger charge is 2.19. The number of pyridine rings is 1. The highest BCUT2D eigenvalue weighted by atomic mass is 79.9. The van der Waals surface area contributed by atoms with Crippen molar-refractivity contribution in [2.75, 3.05) is 5.73 Å². The first-order valence-electron chi connectivity index (χ1n) is 5.26. The van der Waals surface area contributed by atoms with E-state index in [1.165, 1.54) is 12.3 Å². The average molecular weight is 345 g/mol. The first-order valence-corrected chi connectivity index (χ1v) is 7.70. The van der Waals surface area contributed by atoms with Crippen LogP contribution in [0.4, 0.5) is 10.1 Å². The van der Waals surface area contributed by atoms with Gasteiger partial charge in [0.25, 0.3) is 0 Å². The Morgan fingerprint density at radius 2 is 2.00 bits per heavy atom. The molecule has 4 nitrogen and oxygen atoms in total. The molecule has 0 unspecified atom stereocenters. The van der Waals surface area contributed by atoms with Gasteiger partial charge in [0.15, 0.2) is 9.84 Å². The van der Waals surface area contributed by atoms with Gasteiger partial charge in [-0.3, -0.25) is 4.98 Å². The maximum absolute atomic E-state index is 13.1. The monoisotopic (exact) mass is 344 g/mol. The van der Waals surface area contributed by atoms with E-state index in [0.29, 0.717) is 10.0 Å². The predicted molar refractivity (Wildman–Crippen MR) is 73.6 cm³/mol. The first kappa shape index (κ1) is 14.0. The molecule has 2 aromatic rings. The normalized spacial score (nSPS) is 11.5. The number of nitrogen functional groups attached to an aromatic ring is 1. The van der Waals surface area contributed by atoms with Crippen molar-refractivity contribution >= 4 is 31.5 Å². The molecule has 0 aliphatic rings. The fourth-order valence-electron chi connectivity index (χ4n) is 1.61. The van der Waals surface area contributed by atoms with Crippen LogP contribution < -0.4 is 5.73 Å². The summed E-state index contributed by atoms with van der Waals surface area (Å²) in [6.07, 6.45) is 2.99. The molecule has 7 heteroatoms. The van der Waals surface area contributed by atoms with Crippen molar-refractivity contribution in [3.05, 3.63) is 52.5 Å². The first-order chi connectivity index (χ1) is 8.88. The van der Waals surface area contributed by atoms with Gasteiger partial charge in [-0.05, 0) is 45.8 Å². The molecule has 0 atom stereocenters. The zero-order chi connectivity index (χ0) is 14.0. The molecule has 0 aliphatic carbocycles. The van der Waals surface area contributed by atoms with Crippen molar-refractivity contribution < 1.29 is 12.8 Å². The van der Waals surface area contributed by atoms with Crippen molar-refractivity contribution in [1.29, 1.82) is 0 Å². The lowest BCUT2D eigenvalue weighted by Gasteiger charge is -2.07. The van der Waals surface area contributed by atoms with Crippen molar-refractivity contribution in [2.45, 2.75) is 10.6 Å². The van der Waals surface area contributed by atoms with Crippen LogP contribution in [0.2, 0.25) is 0 Å². The third kappa shape index (κ3) is 3.30. The standard InChI is InChI=1S/C12H10BrFN2O2S/c13-9-3-8(5-16-6-9)7-19(17,18)12-4-10(14)1-2-11(12)15/h1-6H,7,15H2. The summed E-state index contributed by atoms with van der Waals surface area (Å²) in [5, 5.41) is 0. The van der Waals surface area contributed by atoms with Crippen molar-refractivity contribution in [1.82, 2.24) is 4.98 Å². The van der Waals surface area contributed by atoms with Crippen molar-refractivity contribution in [3.63, 3.8) is 0 Å². The summed E-state index contributed by atoms with van der Waals surface area (Å²) in [6, 6.07) is 4.92. The number of benzene rings is 1. The molecule has 100 valence electrons. The molecule has 2 rings (SSSR count). The van der Waals surface area contributed by atoms with Crippen molar-refractivity contribution in [2.24, 2.45) is 0 Å². The minimum atomic E-state index is -3.71. The highest BCUT2D eigenvalue weighted by molar-refractivity contribution is 9.10. The van der Waals surface area contributed by atoms with Crippen molar-refractivity contribution in [3.8, 4) is 0 Å². The molecule has 0 bridgehead atoms. The van der Waals surface area contributed by atoms with E-state index in [1.807, 2.05) is 0 Å². The zero-order valence-corrected chi connectivity index (χ0v) is 12.1. The molecule has 1 aromatic carbocycles. The fraction of sp³-hybridized carbons (Fsp3) is 0.0833. The second-order valence-electron chi connectivity index (χ2n) is 3.95. The third-order valence-corrected chi connectivity index (χ3v) is 4.60. The zero-order valence-electron chi connectivity index (χ0n) is 9.68. The molecule has 0 spiro atoms. The highest BCUT2D eigenvalue weighted by Crippen LogP contribution is 2.24. The Balaban J connectivity index is 2.40. The van der Waals surface area contributed by atoms with Gasteiger partial charge in [-0.15, -0.1) is 0 Å². The molecule has 19 heavy (non-hydrogen) atoms. The van der Waals surface area contributed by atoms with Gasteiger partial charge in [0, 0.05) is 16.9 Å². The van der Waals surface area contributed by atoms with Crippen LogP contribution in [0, 0.1) is 5.82 Å². The van der Waals surface area contributed by atoms with Crippen LogP contribution in [0.15, 0.2) is 46.0 Å². The molecule has 0 fully saturated rings. The Labute approximate surface area is 118 Å². The van der Waals surface area contributed by atoms with E-state index in [-0.39, 0.29) is 16.3 Å². The average Bonchev–Trinajstić information content (AvgIpc) is 2.31. The maximum atomic E-state index is 13.1. The van der Waals surface area contributed by atoms with E-state index in [2.05, 4.69) is 20.9 Å².